The second-order valence-electron chi connectivity index (χ2n) is 6.85. The molecule has 0 heterocycles. The Labute approximate surface area is 177 Å². The van der Waals surface area contributed by atoms with Crippen LogP contribution in [0.5, 0.6) is 11.5 Å². The number of aryl methyl sites for hydroxylation is 1. The molecular formula is C25H26N2O3. The SMILES string of the molecule is Cc1cccc(OCCCOc2ccccc2/C=N\NC(=O)c2ccccc2)c1C. The Morgan fingerprint density at radius 1 is 0.867 bits per heavy atom. The van der Waals surface area contributed by atoms with E-state index in [1.807, 2.05) is 54.6 Å². The number of carbonyl (C=O) groups is 1. The van der Waals surface area contributed by atoms with E-state index in [2.05, 4.69) is 30.4 Å². The number of carbonyl (C=O) groups excluding carboxylic acids is 1. The van der Waals surface area contributed by atoms with Gasteiger partial charge in [-0.05, 0) is 55.3 Å². The Hall–Kier alpha value is -3.60. The van der Waals surface area contributed by atoms with Crippen LogP contribution in [0.3, 0.4) is 0 Å². The first-order valence-electron chi connectivity index (χ1n) is 9.94. The third-order valence-electron chi connectivity index (χ3n) is 4.68. The van der Waals surface area contributed by atoms with Crippen molar-refractivity contribution in [2.24, 2.45) is 5.10 Å². The molecule has 3 aromatic rings. The molecule has 154 valence electrons. The molecule has 0 aliphatic carbocycles. The third-order valence-corrected chi connectivity index (χ3v) is 4.68. The molecule has 0 aliphatic rings. The first-order chi connectivity index (χ1) is 14.6. The van der Waals surface area contributed by atoms with Crippen LogP contribution in [0.1, 0.15) is 33.5 Å². The number of nitrogens with zero attached hydrogens (tertiary/aromatic N) is 1. The minimum Gasteiger partial charge on any atom is -0.493 e. The number of hydrazone groups is 1. The Morgan fingerprint density at radius 2 is 1.53 bits per heavy atom. The summed E-state index contributed by atoms with van der Waals surface area (Å²) in [6, 6.07) is 22.6. The minimum absolute atomic E-state index is 0.256. The predicted molar refractivity (Wildman–Crippen MR) is 119 cm³/mol. The zero-order valence-electron chi connectivity index (χ0n) is 17.3. The summed E-state index contributed by atoms with van der Waals surface area (Å²) in [6.07, 6.45) is 2.34. The predicted octanol–water partition coefficient (Wildman–Crippen LogP) is 4.92. The van der Waals surface area contributed by atoms with Crippen LogP contribution in [0.15, 0.2) is 77.9 Å². The molecule has 3 aromatic carbocycles. The van der Waals surface area contributed by atoms with Crippen molar-refractivity contribution in [3.05, 3.63) is 95.1 Å². The highest BCUT2D eigenvalue weighted by atomic mass is 16.5. The molecule has 0 aromatic heterocycles. The third kappa shape index (κ3) is 5.95. The zero-order valence-corrected chi connectivity index (χ0v) is 17.3. The van der Waals surface area contributed by atoms with E-state index in [1.54, 1.807) is 18.3 Å². The maximum atomic E-state index is 12.1. The van der Waals surface area contributed by atoms with Gasteiger partial charge < -0.3 is 9.47 Å². The first-order valence-corrected chi connectivity index (χ1v) is 9.94. The summed E-state index contributed by atoms with van der Waals surface area (Å²) in [4.78, 5) is 12.1. The van der Waals surface area contributed by atoms with Crippen molar-refractivity contribution >= 4 is 12.1 Å². The fourth-order valence-corrected chi connectivity index (χ4v) is 2.84. The molecule has 0 atom stereocenters. The van der Waals surface area contributed by atoms with Gasteiger partial charge in [-0.15, -0.1) is 0 Å². The Bertz CT molecular complexity index is 1000. The molecule has 0 radical (unpaired) electrons. The van der Waals surface area contributed by atoms with Gasteiger partial charge in [0.15, 0.2) is 0 Å². The molecule has 0 bridgehead atoms. The lowest BCUT2D eigenvalue weighted by Gasteiger charge is -2.12. The van der Waals surface area contributed by atoms with Crippen LogP contribution in [0.25, 0.3) is 0 Å². The van der Waals surface area contributed by atoms with Gasteiger partial charge in [0.1, 0.15) is 11.5 Å². The van der Waals surface area contributed by atoms with E-state index in [9.17, 15) is 4.79 Å². The fraction of sp³-hybridized carbons (Fsp3) is 0.200. The van der Waals surface area contributed by atoms with Gasteiger partial charge in [-0.3, -0.25) is 4.79 Å². The maximum Gasteiger partial charge on any atom is 0.271 e. The highest BCUT2D eigenvalue weighted by molar-refractivity contribution is 5.95. The lowest BCUT2D eigenvalue weighted by Crippen LogP contribution is -2.17. The van der Waals surface area contributed by atoms with E-state index in [1.165, 1.54) is 5.56 Å². The Morgan fingerprint density at radius 3 is 2.33 bits per heavy atom. The summed E-state index contributed by atoms with van der Waals surface area (Å²) in [5.41, 5.74) is 6.27. The highest BCUT2D eigenvalue weighted by Gasteiger charge is 2.04. The van der Waals surface area contributed by atoms with E-state index in [0.717, 1.165) is 23.3 Å². The number of nitrogens with one attached hydrogen (secondary N) is 1. The van der Waals surface area contributed by atoms with Gasteiger partial charge in [-0.25, -0.2) is 5.43 Å². The summed E-state index contributed by atoms with van der Waals surface area (Å²) in [6.45, 7) is 5.24. The molecule has 0 saturated carbocycles. The van der Waals surface area contributed by atoms with Crippen molar-refractivity contribution in [2.75, 3.05) is 13.2 Å². The fourth-order valence-electron chi connectivity index (χ4n) is 2.84. The van der Waals surface area contributed by atoms with E-state index in [-0.39, 0.29) is 5.91 Å². The van der Waals surface area contributed by atoms with Gasteiger partial charge in [0.25, 0.3) is 5.91 Å². The smallest absolute Gasteiger partial charge is 0.271 e. The number of benzene rings is 3. The molecule has 0 spiro atoms. The molecule has 30 heavy (non-hydrogen) atoms. The van der Waals surface area contributed by atoms with Crippen LogP contribution in [0.4, 0.5) is 0 Å². The number of amides is 1. The Kier molecular flexibility index (Phi) is 7.61. The van der Waals surface area contributed by atoms with Gasteiger partial charge in [-0.2, -0.15) is 5.10 Å². The van der Waals surface area contributed by atoms with Crippen molar-refractivity contribution in [3.63, 3.8) is 0 Å². The van der Waals surface area contributed by atoms with Crippen LogP contribution in [-0.4, -0.2) is 25.3 Å². The van der Waals surface area contributed by atoms with Gasteiger partial charge in [0.05, 0.1) is 19.4 Å². The van der Waals surface area contributed by atoms with Crippen molar-refractivity contribution in [2.45, 2.75) is 20.3 Å². The number of hydrogen-bond donors (Lipinski definition) is 1. The molecule has 1 N–H and O–H groups in total. The average molecular weight is 402 g/mol. The van der Waals surface area contributed by atoms with E-state index in [4.69, 9.17) is 9.47 Å². The summed E-state index contributed by atoms with van der Waals surface area (Å²) in [7, 11) is 0. The summed E-state index contributed by atoms with van der Waals surface area (Å²) in [5, 5.41) is 4.05. The molecule has 0 saturated heterocycles. The quantitative estimate of drug-likeness (QED) is 0.314. The molecule has 5 heteroatoms. The normalized spacial score (nSPS) is 10.7. The van der Waals surface area contributed by atoms with Gasteiger partial charge >= 0.3 is 0 Å². The van der Waals surface area contributed by atoms with Crippen LogP contribution in [0.2, 0.25) is 0 Å². The van der Waals surface area contributed by atoms with Gasteiger partial charge in [0, 0.05) is 17.5 Å². The van der Waals surface area contributed by atoms with E-state index in [0.29, 0.717) is 24.5 Å². The van der Waals surface area contributed by atoms with Crippen molar-refractivity contribution in [1.82, 2.24) is 5.43 Å². The highest BCUT2D eigenvalue weighted by Crippen LogP contribution is 2.21. The number of para-hydroxylation sites is 1. The maximum absolute atomic E-state index is 12.1. The number of hydrogen-bond acceptors (Lipinski definition) is 4. The van der Waals surface area contributed by atoms with Crippen molar-refractivity contribution in [3.8, 4) is 11.5 Å². The van der Waals surface area contributed by atoms with Crippen LogP contribution >= 0.6 is 0 Å². The van der Waals surface area contributed by atoms with Gasteiger partial charge in [-0.1, -0.05) is 42.5 Å². The van der Waals surface area contributed by atoms with Crippen LogP contribution < -0.4 is 14.9 Å². The molecule has 0 fully saturated rings. The molecule has 0 unspecified atom stereocenters. The minimum atomic E-state index is -0.256. The lowest BCUT2D eigenvalue weighted by atomic mass is 10.1. The lowest BCUT2D eigenvalue weighted by molar-refractivity contribution is 0.0955. The second-order valence-corrected chi connectivity index (χ2v) is 6.85. The van der Waals surface area contributed by atoms with Crippen molar-refractivity contribution < 1.29 is 14.3 Å². The van der Waals surface area contributed by atoms with Crippen LogP contribution in [0, 0.1) is 13.8 Å². The number of ether oxygens (including phenoxy) is 2. The first kappa shape index (κ1) is 21.1. The van der Waals surface area contributed by atoms with Gasteiger partial charge in [0.2, 0.25) is 0 Å². The molecule has 5 nitrogen and oxygen atoms in total. The second kappa shape index (κ2) is 10.8. The monoisotopic (exact) mass is 402 g/mol. The van der Waals surface area contributed by atoms with E-state index < -0.39 is 0 Å². The summed E-state index contributed by atoms with van der Waals surface area (Å²) in [5.74, 6) is 1.37. The largest absolute Gasteiger partial charge is 0.493 e. The van der Waals surface area contributed by atoms with E-state index >= 15 is 0 Å². The topological polar surface area (TPSA) is 59.9 Å². The Balaban J connectivity index is 1.48. The molecule has 0 aliphatic heterocycles. The zero-order chi connectivity index (χ0) is 21.2. The molecule has 3 rings (SSSR count). The van der Waals surface area contributed by atoms with Crippen molar-refractivity contribution in [1.29, 1.82) is 0 Å². The van der Waals surface area contributed by atoms with Crippen LogP contribution in [-0.2, 0) is 0 Å². The summed E-state index contributed by atoms with van der Waals surface area (Å²) >= 11 is 0. The standard InChI is InChI=1S/C25H26N2O3/c1-19-10-8-15-23(20(19)2)29-16-9-17-30-24-14-7-6-13-22(24)18-26-27-25(28)21-11-4-3-5-12-21/h3-8,10-15,18H,9,16-17H2,1-2H3,(H,27,28)/b26-18-. The molecule has 1 amide bonds. The summed E-state index contributed by atoms with van der Waals surface area (Å²) < 4.78 is 11.8. The molecular weight excluding hydrogens is 376 g/mol. The number of rotatable bonds is 9. The average Bonchev–Trinajstić information content (AvgIpc) is 2.78.